The normalized spacial score (nSPS) is 19.3. The topological polar surface area (TPSA) is 35.5 Å². The molecule has 0 radical (unpaired) electrons. The van der Waals surface area contributed by atoms with Crippen molar-refractivity contribution in [2.75, 3.05) is 0 Å². The smallest absolute Gasteiger partial charge is 0.333 e. The molecule has 0 saturated carbocycles. The van der Waals surface area contributed by atoms with Crippen LogP contribution in [0.1, 0.15) is 25.6 Å². The van der Waals surface area contributed by atoms with Gasteiger partial charge >= 0.3 is 5.97 Å². The van der Waals surface area contributed by atoms with Gasteiger partial charge in [-0.05, 0) is 35.7 Å². The van der Waals surface area contributed by atoms with E-state index in [9.17, 15) is 4.79 Å². The van der Waals surface area contributed by atoms with Gasteiger partial charge in [-0.3, -0.25) is 0 Å². The molecule has 2 rings (SSSR count). The van der Waals surface area contributed by atoms with Gasteiger partial charge < -0.3 is 9.16 Å². The second-order valence-electron chi connectivity index (χ2n) is 7.41. The van der Waals surface area contributed by atoms with E-state index in [1.807, 2.05) is 36.4 Å². The van der Waals surface area contributed by atoms with E-state index in [-0.39, 0.29) is 11.0 Å². The van der Waals surface area contributed by atoms with Gasteiger partial charge in [-0.1, -0.05) is 57.2 Å². The fourth-order valence-corrected chi connectivity index (χ4v) is 3.61. The third kappa shape index (κ3) is 5.66. The van der Waals surface area contributed by atoms with E-state index in [2.05, 4.69) is 51.4 Å². The summed E-state index contributed by atoms with van der Waals surface area (Å²) in [6.45, 7) is 10.8. The molecule has 1 unspecified atom stereocenters. The minimum absolute atomic E-state index is 0.0588. The summed E-state index contributed by atoms with van der Waals surface area (Å²) >= 11 is 1.70. The molecule has 0 N–H and O–H groups in total. The van der Waals surface area contributed by atoms with Crippen molar-refractivity contribution in [2.45, 2.75) is 45.2 Å². The third-order valence-electron chi connectivity index (χ3n) is 4.41. The maximum absolute atomic E-state index is 11.6. The van der Waals surface area contributed by atoms with Crippen LogP contribution in [0.15, 0.2) is 59.5 Å². The lowest BCUT2D eigenvalue weighted by Crippen LogP contribution is -2.44. The van der Waals surface area contributed by atoms with E-state index in [1.54, 1.807) is 11.3 Å². The Labute approximate surface area is 155 Å². The summed E-state index contributed by atoms with van der Waals surface area (Å²) in [6, 6.07) is 4.10. The van der Waals surface area contributed by atoms with Crippen LogP contribution >= 0.6 is 11.3 Å². The minimum atomic E-state index is -2.01. The number of thiophene rings is 1. The molecule has 1 atom stereocenters. The van der Waals surface area contributed by atoms with Crippen LogP contribution in [0.4, 0.5) is 0 Å². The Bertz CT molecular complexity index is 704. The molecule has 1 aromatic heterocycles. The monoisotopic (exact) mass is 374 g/mol. The van der Waals surface area contributed by atoms with Crippen molar-refractivity contribution in [2.24, 2.45) is 0 Å². The predicted octanol–water partition coefficient (Wildman–Crippen LogP) is 5.70. The van der Waals surface area contributed by atoms with Crippen LogP contribution < -0.4 is 0 Å². The zero-order valence-corrected chi connectivity index (χ0v) is 17.3. The van der Waals surface area contributed by atoms with Crippen molar-refractivity contribution >= 4 is 31.7 Å². The Morgan fingerprint density at radius 1 is 1.16 bits per heavy atom. The van der Waals surface area contributed by atoms with Crippen molar-refractivity contribution in [1.82, 2.24) is 0 Å². The van der Waals surface area contributed by atoms with Crippen molar-refractivity contribution in [3.63, 3.8) is 0 Å². The van der Waals surface area contributed by atoms with Crippen molar-refractivity contribution < 1.29 is 14.0 Å². The Balaban J connectivity index is 1.97. The molecule has 5 heteroatoms. The Kier molecular flexibility index (Phi) is 6.38. The van der Waals surface area contributed by atoms with Gasteiger partial charge in [0, 0.05) is 16.5 Å². The molecule has 0 aromatic carbocycles. The number of esters is 1. The van der Waals surface area contributed by atoms with Crippen molar-refractivity contribution in [3.8, 4) is 0 Å². The van der Waals surface area contributed by atoms with E-state index >= 15 is 0 Å². The first-order valence-electron chi connectivity index (χ1n) is 8.34. The number of hydrogen-bond donors (Lipinski definition) is 0. The lowest BCUT2D eigenvalue weighted by molar-refractivity contribution is -0.149. The second-order valence-corrected chi connectivity index (χ2v) is 13.1. The van der Waals surface area contributed by atoms with Gasteiger partial charge in [0.25, 0.3) is 0 Å². The Morgan fingerprint density at radius 3 is 2.44 bits per heavy atom. The molecule has 2 heterocycles. The summed E-state index contributed by atoms with van der Waals surface area (Å²) in [4.78, 5) is 12.9. The number of allylic oxidation sites excluding steroid dienone is 4. The summed E-state index contributed by atoms with van der Waals surface area (Å²) in [5, 5.41) is 2.11. The summed E-state index contributed by atoms with van der Waals surface area (Å²) in [7, 11) is -2.01. The summed E-state index contributed by atoms with van der Waals surface area (Å²) < 4.78 is 11.5. The molecule has 0 bridgehead atoms. The summed E-state index contributed by atoms with van der Waals surface area (Å²) in [6.07, 6.45) is 12.6. The zero-order valence-electron chi connectivity index (χ0n) is 15.5. The van der Waals surface area contributed by atoms with E-state index in [0.717, 1.165) is 5.57 Å². The molecular formula is C20H26O3SSi. The average Bonchev–Trinajstić information content (AvgIpc) is 3.11. The zero-order chi connectivity index (χ0) is 18.5. The molecule has 0 amide bonds. The van der Waals surface area contributed by atoms with Gasteiger partial charge in [0.2, 0.25) is 6.29 Å². The second kappa shape index (κ2) is 8.12. The number of cyclic esters (lactones) is 1. The van der Waals surface area contributed by atoms with Crippen LogP contribution in [0.2, 0.25) is 18.1 Å². The average molecular weight is 375 g/mol. The molecule has 134 valence electrons. The van der Waals surface area contributed by atoms with Gasteiger partial charge in [-0.15, -0.1) is 11.3 Å². The molecule has 0 fully saturated rings. The molecule has 1 aliphatic heterocycles. The summed E-state index contributed by atoms with van der Waals surface area (Å²) in [5.41, 5.74) is 0.765. The van der Waals surface area contributed by atoms with Gasteiger partial charge in [0.15, 0.2) is 8.32 Å². The number of hydrogen-bond acceptors (Lipinski definition) is 4. The van der Waals surface area contributed by atoms with E-state index in [4.69, 9.17) is 9.16 Å². The number of carbonyl (C=O) groups is 1. The van der Waals surface area contributed by atoms with Crippen LogP contribution in [0.5, 0.6) is 0 Å². The van der Waals surface area contributed by atoms with Crippen LogP contribution in [0, 0.1) is 0 Å². The predicted molar refractivity (Wildman–Crippen MR) is 108 cm³/mol. The maximum Gasteiger partial charge on any atom is 0.333 e. The molecule has 3 nitrogen and oxygen atoms in total. The first kappa shape index (κ1) is 19.6. The highest BCUT2D eigenvalue weighted by Crippen LogP contribution is 2.39. The maximum atomic E-state index is 11.6. The number of rotatable bonds is 6. The largest absolute Gasteiger partial charge is 0.429 e. The molecule has 25 heavy (non-hydrogen) atoms. The van der Waals surface area contributed by atoms with Crippen LogP contribution in [0.3, 0.4) is 0 Å². The molecule has 0 aliphatic carbocycles. The fraction of sp³-hybridized carbons (Fsp3) is 0.350. The third-order valence-corrected chi connectivity index (χ3v) is 9.67. The van der Waals surface area contributed by atoms with E-state index in [1.165, 1.54) is 11.0 Å². The van der Waals surface area contributed by atoms with Crippen LogP contribution in [0.25, 0.3) is 6.08 Å². The molecular weight excluding hydrogens is 348 g/mol. The Hall–Kier alpha value is -1.69. The first-order valence-corrected chi connectivity index (χ1v) is 12.1. The minimum Gasteiger partial charge on any atom is -0.429 e. The number of carbonyl (C=O) groups excluding carboxylic acids is 1. The Morgan fingerprint density at radius 2 is 1.84 bits per heavy atom. The molecule has 1 aliphatic rings. The highest BCUT2D eigenvalue weighted by atomic mass is 32.1. The van der Waals surface area contributed by atoms with Crippen LogP contribution in [-0.2, 0) is 14.0 Å². The lowest BCUT2D eigenvalue weighted by Gasteiger charge is -2.38. The molecule has 0 saturated heterocycles. The highest BCUT2D eigenvalue weighted by Gasteiger charge is 2.41. The molecule has 0 spiro atoms. The standard InChI is InChI=1S/C20H26O3SSi/c1-20(2,3)25(4,5)23-19-16(15-18(21)22-19)11-8-6-7-9-12-17-13-10-14-24-17/h6-15,19H,1-5H3/b7-6+,11-8+,12-9+. The van der Waals surface area contributed by atoms with Crippen molar-refractivity contribution in [3.05, 3.63) is 64.4 Å². The molecule has 1 aromatic rings. The van der Waals surface area contributed by atoms with Crippen molar-refractivity contribution in [1.29, 1.82) is 0 Å². The van der Waals surface area contributed by atoms with E-state index < -0.39 is 14.6 Å². The van der Waals surface area contributed by atoms with Gasteiger partial charge in [0.1, 0.15) is 0 Å². The van der Waals surface area contributed by atoms with Gasteiger partial charge in [-0.25, -0.2) is 4.79 Å². The first-order chi connectivity index (χ1) is 11.7. The van der Waals surface area contributed by atoms with E-state index in [0.29, 0.717) is 0 Å². The SMILES string of the molecule is CC(C)(C)[Si](C)(C)OC1OC(=O)C=C1/C=C/C=C/C=C/c1cccs1. The quantitative estimate of drug-likeness (QED) is 0.364. The summed E-state index contributed by atoms with van der Waals surface area (Å²) in [5.74, 6) is -0.343. The van der Waals surface area contributed by atoms with Gasteiger partial charge in [0.05, 0.1) is 0 Å². The highest BCUT2D eigenvalue weighted by molar-refractivity contribution is 7.10. The fourth-order valence-electron chi connectivity index (χ4n) is 1.91. The van der Waals surface area contributed by atoms with Gasteiger partial charge in [-0.2, -0.15) is 0 Å². The number of ether oxygens (including phenoxy) is 1. The lowest BCUT2D eigenvalue weighted by atomic mass is 10.2. The van der Waals surface area contributed by atoms with Crippen LogP contribution in [-0.4, -0.2) is 20.6 Å².